The fourth-order valence-electron chi connectivity index (χ4n) is 2.11. The summed E-state index contributed by atoms with van der Waals surface area (Å²) in [4.78, 5) is 10.8. The third-order valence-electron chi connectivity index (χ3n) is 3.10. The highest BCUT2D eigenvalue weighted by molar-refractivity contribution is 5.85. The second-order valence-electron chi connectivity index (χ2n) is 4.36. The van der Waals surface area contributed by atoms with Gasteiger partial charge in [0.15, 0.2) is 5.69 Å². The van der Waals surface area contributed by atoms with Crippen LogP contribution in [0.5, 0.6) is 0 Å². The number of hydrogen-bond acceptors (Lipinski definition) is 3. The number of ether oxygens (including phenoxy) is 1. The van der Waals surface area contributed by atoms with Crippen molar-refractivity contribution in [1.29, 1.82) is 0 Å². The number of carboxylic acids is 1. The minimum atomic E-state index is -1.06. The largest absolute Gasteiger partial charge is 0.476 e. The number of aromatic nitrogens is 2. The van der Waals surface area contributed by atoms with Crippen LogP contribution in [0.3, 0.4) is 0 Å². The van der Waals surface area contributed by atoms with E-state index in [1.165, 1.54) is 18.2 Å². The highest BCUT2D eigenvalue weighted by Gasteiger charge is 2.23. The molecule has 0 spiro atoms. The maximum absolute atomic E-state index is 12.9. The molecule has 1 aliphatic rings. The Labute approximate surface area is 108 Å². The molecule has 1 atom stereocenters. The number of rotatable bonds is 2. The molecule has 1 unspecified atom stereocenters. The molecule has 1 aromatic carbocycles. The van der Waals surface area contributed by atoms with Crippen LogP contribution in [-0.4, -0.2) is 20.9 Å². The summed E-state index contributed by atoms with van der Waals surface area (Å²) in [6.07, 6.45) is -0.241. The summed E-state index contributed by atoms with van der Waals surface area (Å²) >= 11 is 0. The van der Waals surface area contributed by atoms with Crippen molar-refractivity contribution in [3.05, 3.63) is 53.1 Å². The molecule has 3 rings (SSSR count). The van der Waals surface area contributed by atoms with Crippen LogP contribution in [0.1, 0.15) is 27.8 Å². The van der Waals surface area contributed by atoms with Crippen LogP contribution in [0.4, 0.5) is 4.39 Å². The van der Waals surface area contributed by atoms with Gasteiger partial charge in [-0.3, -0.25) is 4.68 Å². The zero-order chi connectivity index (χ0) is 13.4. The predicted octanol–water partition coefficient (Wildman–Crippen LogP) is 1.99. The second kappa shape index (κ2) is 4.47. The molecule has 2 aromatic rings. The molecule has 98 valence electrons. The van der Waals surface area contributed by atoms with Gasteiger partial charge in [-0.15, -0.1) is 0 Å². The van der Waals surface area contributed by atoms with E-state index in [-0.39, 0.29) is 17.6 Å². The summed E-state index contributed by atoms with van der Waals surface area (Å²) < 4.78 is 20.1. The lowest BCUT2D eigenvalue weighted by atomic mass is 10.1. The average molecular weight is 262 g/mol. The lowest BCUT2D eigenvalue weighted by molar-refractivity contribution is -0.00126. The van der Waals surface area contributed by atoms with Gasteiger partial charge >= 0.3 is 5.97 Å². The van der Waals surface area contributed by atoms with Crippen molar-refractivity contribution in [2.24, 2.45) is 0 Å². The Bertz CT molecular complexity index is 621. The van der Waals surface area contributed by atoms with Crippen molar-refractivity contribution >= 4 is 5.97 Å². The molecular formula is C13H11FN2O3. The molecule has 1 aromatic heterocycles. The van der Waals surface area contributed by atoms with Gasteiger partial charge in [0.25, 0.3) is 0 Å². The Balaban J connectivity index is 1.85. The number of benzene rings is 1. The number of hydrogen-bond donors (Lipinski definition) is 1. The van der Waals surface area contributed by atoms with E-state index in [1.54, 1.807) is 16.8 Å². The van der Waals surface area contributed by atoms with Gasteiger partial charge < -0.3 is 9.84 Å². The van der Waals surface area contributed by atoms with Crippen LogP contribution < -0.4 is 0 Å². The van der Waals surface area contributed by atoms with Crippen molar-refractivity contribution in [2.45, 2.75) is 19.3 Å². The Kier molecular flexibility index (Phi) is 2.79. The third-order valence-corrected chi connectivity index (χ3v) is 3.10. The van der Waals surface area contributed by atoms with Crippen LogP contribution in [-0.2, 0) is 17.9 Å². The summed E-state index contributed by atoms with van der Waals surface area (Å²) in [5, 5.41) is 12.9. The molecule has 0 bridgehead atoms. The zero-order valence-electron chi connectivity index (χ0n) is 9.91. The van der Waals surface area contributed by atoms with Gasteiger partial charge in [0.2, 0.25) is 0 Å². The van der Waals surface area contributed by atoms with Gasteiger partial charge in [0.1, 0.15) is 11.9 Å². The second-order valence-corrected chi connectivity index (χ2v) is 4.36. The van der Waals surface area contributed by atoms with E-state index in [0.29, 0.717) is 13.2 Å². The van der Waals surface area contributed by atoms with Crippen LogP contribution >= 0.6 is 0 Å². The van der Waals surface area contributed by atoms with Gasteiger partial charge in [-0.1, -0.05) is 12.1 Å². The number of nitrogens with zero attached hydrogens (tertiary/aromatic N) is 2. The van der Waals surface area contributed by atoms with Crippen LogP contribution in [0.25, 0.3) is 0 Å². The number of aromatic carboxylic acids is 1. The Morgan fingerprint density at radius 3 is 2.84 bits per heavy atom. The molecule has 1 N–H and O–H groups in total. The molecular weight excluding hydrogens is 251 g/mol. The Hall–Kier alpha value is -2.21. The first kappa shape index (κ1) is 11.9. The molecule has 19 heavy (non-hydrogen) atoms. The van der Waals surface area contributed by atoms with E-state index in [0.717, 1.165) is 11.3 Å². The van der Waals surface area contributed by atoms with Gasteiger partial charge in [-0.2, -0.15) is 5.10 Å². The molecule has 5 nitrogen and oxygen atoms in total. The minimum absolute atomic E-state index is 0.0124. The molecule has 0 amide bonds. The van der Waals surface area contributed by atoms with Crippen LogP contribution in [0.2, 0.25) is 0 Å². The summed E-state index contributed by atoms with van der Waals surface area (Å²) in [6, 6.07) is 7.57. The lowest BCUT2D eigenvalue weighted by Crippen LogP contribution is -2.21. The van der Waals surface area contributed by atoms with Crippen LogP contribution in [0, 0.1) is 5.82 Å². The molecule has 0 aliphatic carbocycles. The maximum Gasteiger partial charge on any atom is 0.356 e. The van der Waals surface area contributed by atoms with E-state index >= 15 is 0 Å². The van der Waals surface area contributed by atoms with Crippen molar-refractivity contribution < 1.29 is 19.0 Å². The highest BCUT2D eigenvalue weighted by atomic mass is 19.1. The SMILES string of the molecule is O=C(O)c1cc2n(n1)CC(c1ccc(F)cc1)OC2. The topological polar surface area (TPSA) is 64.3 Å². The number of halogens is 1. The smallest absolute Gasteiger partial charge is 0.356 e. The van der Waals surface area contributed by atoms with Crippen molar-refractivity contribution in [3.8, 4) is 0 Å². The minimum Gasteiger partial charge on any atom is -0.476 e. The van der Waals surface area contributed by atoms with Crippen molar-refractivity contribution in [2.75, 3.05) is 0 Å². The Morgan fingerprint density at radius 1 is 1.42 bits per heavy atom. The summed E-state index contributed by atoms with van der Waals surface area (Å²) in [5.74, 6) is -1.35. The first-order valence-electron chi connectivity index (χ1n) is 5.80. The summed E-state index contributed by atoms with van der Waals surface area (Å²) in [7, 11) is 0. The summed E-state index contributed by atoms with van der Waals surface area (Å²) in [6.45, 7) is 0.719. The fraction of sp³-hybridized carbons (Fsp3) is 0.231. The van der Waals surface area contributed by atoms with E-state index < -0.39 is 5.97 Å². The van der Waals surface area contributed by atoms with E-state index in [2.05, 4.69) is 5.10 Å². The number of carbonyl (C=O) groups is 1. The molecule has 2 heterocycles. The number of carboxylic acid groups (broad SMARTS) is 1. The zero-order valence-corrected chi connectivity index (χ0v) is 9.91. The normalized spacial score (nSPS) is 18.1. The van der Waals surface area contributed by atoms with Crippen molar-refractivity contribution in [1.82, 2.24) is 9.78 Å². The standard InChI is InChI=1S/C13H11FN2O3/c14-9-3-1-8(2-4-9)12-6-16-10(7-19-12)5-11(15-16)13(17)18/h1-5,12H,6-7H2,(H,17,18). The first-order valence-corrected chi connectivity index (χ1v) is 5.80. The van der Waals surface area contributed by atoms with Gasteiger partial charge in [-0.25, -0.2) is 9.18 Å². The van der Waals surface area contributed by atoms with Gasteiger partial charge in [0, 0.05) is 0 Å². The van der Waals surface area contributed by atoms with E-state index in [1.807, 2.05) is 0 Å². The fourth-order valence-corrected chi connectivity index (χ4v) is 2.11. The van der Waals surface area contributed by atoms with Crippen molar-refractivity contribution in [3.63, 3.8) is 0 Å². The first-order chi connectivity index (χ1) is 9.13. The monoisotopic (exact) mass is 262 g/mol. The van der Waals surface area contributed by atoms with Gasteiger partial charge in [-0.05, 0) is 23.8 Å². The Morgan fingerprint density at radius 2 is 2.16 bits per heavy atom. The number of fused-ring (bicyclic) bond motifs is 1. The molecule has 0 saturated carbocycles. The van der Waals surface area contributed by atoms with E-state index in [9.17, 15) is 9.18 Å². The average Bonchev–Trinajstić information content (AvgIpc) is 2.82. The lowest BCUT2D eigenvalue weighted by Gasteiger charge is -2.24. The summed E-state index contributed by atoms with van der Waals surface area (Å²) in [5.41, 5.74) is 1.59. The third kappa shape index (κ3) is 2.22. The molecule has 6 heteroatoms. The quantitative estimate of drug-likeness (QED) is 0.899. The van der Waals surface area contributed by atoms with Gasteiger partial charge in [0.05, 0.1) is 18.8 Å². The highest BCUT2D eigenvalue weighted by Crippen LogP contribution is 2.26. The van der Waals surface area contributed by atoms with Crippen LogP contribution in [0.15, 0.2) is 30.3 Å². The molecule has 1 aliphatic heterocycles. The predicted molar refractivity (Wildman–Crippen MR) is 63.1 cm³/mol. The molecule has 0 fully saturated rings. The van der Waals surface area contributed by atoms with E-state index in [4.69, 9.17) is 9.84 Å². The maximum atomic E-state index is 12.9. The molecule has 0 radical (unpaired) electrons. The molecule has 0 saturated heterocycles.